The Hall–Kier alpha value is -2.45. The Bertz CT molecular complexity index is 745. The number of halogens is 3. The van der Waals surface area contributed by atoms with Crippen LogP contribution in [0.4, 0.5) is 13.2 Å². The summed E-state index contributed by atoms with van der Waals surface area (Å²) in [5, 5.41) is 9.04. The molecule has 0 amide bonds. The molecule has 0 saturated carbocycles. The van der Waals surface area contributed by atoms with Crippen molar-refractivity contribution in [2.24, 2.45) is 7.05 Å². The van der Waals surface area contributed by atoms with Crippen LogP contribution in [0.2, 0.25) is 0 Å². The third-order valence-electron chi connectivity index (χ3n) is 2.54. The highest BCUT2D eigenvalue weighted by atomic mass is 19.3. The van der Waals surface area contributed by atoms with Crippen LogP contribution in [-0.4, -0.2) is 19.0 Å². The molecule has 0 bridgehead atoms. The van der Waals surface area contributed by atoms with Crippen molar-refractivity contribution in [3.63, 3.8) is 0 Å². The summed E-state index contributed by atoms with van der Waals surface area (Å²) in [6, 6.07) is 2.65. The first kappa shape index (κ1) is 13.0. The van der Waals surface area contributed by atoms with Gasteiger partial charge in [0.15, 0.2) is 5.82 Å². The number of nitrogens with zero attached hydrogens (tertiary/aromatic N) is 3. The second kappa shape index (κ2) is 4.34. The number of benzene rings is 1. The summed E-state index contributed by atoms with van der Waals surface area (Å²) in [4.78, 5) is 23.4. The van der Waals surface area contributed by atoms with E-state index in [0.29, 0.717) is 10.7 Å². The molecule has 0 radical (unpaired) electrons. The van der Waals surface area contributed by atoms with Crippen LogP contribution in [0.25, 0.3) is 5.69 Å². The van der Waals surface area contributed by atoms with Crippen molar-refractivity contribution < 1.29 is 18.3 Å². The maximum atomic E-state index is 13.6. The average molecular weight is 275 g/mol. The quantitative estimate of drug-likeness (QED) is 0.871. The standard InChI is InChI=1S/C10H8F3N3O3/c1-14-9(18)15(10(19)16(14)8(12)13)7-3-2-5(17)4-6(7)11/h2-4,8,17H,1H3. The van der Waals surface area contributed by atoms with Crippen LogP contribution in [0, 0.1) is 5.82 Å². The molecule has 0 aliphatic heterocycles. The lowest BCUT2D eigenvalue weighted by atomic mass is 10.3. The zero-order valence-electron chi connectivity index (χ0n) is 9.55. The fraction of sp³-hybridized carbons (Fsp3) is 0.200. The second-order valence-corrected chi connectivity index (χ2v) is 3.68. The Morgan fingerprint density at radius 2 is 1.84 bits per heavy atom. The molecule has 0 atom stereocenters. The average Bonchev–Trinajstić information content (AvgIpc) is 2.52. The van der Waals surface area contributed by atoms with Gasteiger partial charge >= 0.3 is 17.9 Å². The fourth-order valence-electron chi connectivity index (χ4n) is 1.65. The van der Waals surface area contributed by atoms with E-state index < -0.39 is 35.2 Å². The third-order valence-corrected chi connectivity index (χ3v) is 2.54. The zero-order chi connectivity index (χ0) is 14.3. The summed E-state index contributed by atoms with van der Waals surface area (Å²) in [5.74, 6) is -1.49. The molecular weight excluding hydrogens is 267 g/mol. The lowest BCUT2D eigenvalue weighted by molar-refractivity contribution is 0.0402. The number of alkyl halides is 2. The smallest absolute Gasteiger partial charge is 0.356 e. The topological polar surface area (TPSA) is 69.2 Å². The van der Waals surface area contributed by atoms with Crippen LogP contribution in [0.3, 0.4) is 0 Å². The van der Waals surface area contributed by atoms with Gasteiger partial charge in [-0.3, -0.25) is 0 Å². The van der Waals surface area contributed by atoms with E-state index in [4.69, 9.17) is 5.11 Å². The Kier molecular flexibility index (Phi) is 2.97. The van der Waals surface area contributed by atoms with Crippen LogP contribution in [0.1, 0.15) is 6.55 Å². The summed E-state index contributed by atoms with van der Waals surface area (Å²) in [6.07, 6.45) is 0. The van der Waals surface area contributed by atoms with Gasteiger partial charge in [0.2, 0.25) is 0 Å². The van der Waals surface area contributed by atoms with Crippen molar-refractivity contribution in [2.45, 2.75) is 6.55 Å². The minimum atomic E-state index is -3.23. The molecule has 0 aliphatic rings. The number of phenolic OH excluding ortho intramolecular Hbond substituents is 1. The molecule has 19 heavy (non-hydrogen) atoms. The van der Waals surface area contributed by atoms with Gasteiger partial charge in [0.25, 0.3) is 0 Å². The first-order valence-electron chi connectivity index (χ1n) is 5.02. The van der Waals surface area contributed by atoms with Crippen molar-refractivity contribution in [1.82, 2.24) is 13.9 Å². The van der Waals surface area contributed by atoms with Crippen LogP contribution in [0.5, 0.6) is 5.75 Å². The van der Waals surface area contributed by atoms with E-state index in [-0.39, 0.29) is 9.25 Å². The summed E-state index contributed by atoms with van der Waals surface area (Å²) in [5.41, 5.74) is -3.00. The van der Waals surface area contributed by atoms with Gasteiger partial charge < -0.3 is 5.11 Å². The van der Waals surface area contributed by atoms with Gasteiger partial charge in [-0.05, 0) is 12.1 Å². The van der Waals surface area contributed by atoms with Gasteiger partial charge in [0.1, 0.15) is 5.75 Å². The molecule has 0 fully saturated rings. The van der Waals surface area contributed by atoms with Crippen molar-refractivity contribution in [1.29, 1.82) is 0 Å². The number of rotatable bonds is 2. The number of aromatic nitrogens is 3. The number of hydrogen-bond donors (Lipinski definition) is 1. The Morgan fingerprint density at radius 3 is 2.32 bits per heavy atom. The van der Waals surface area contributed by atoms with Crippen molar-refractivity contribution in [3.05, 3.63) is 45.0 Å². The SMILES string of the molecule is Cn1c(=O)n(-c2ccc(O)cc2F)c(=O)n1C(F)F. The molecular formula is C10H8F3N3O3. The molecule has 9 heteroatoms. The highest BCUT2D eigenvalue weighted by Crippen LogP contribution is 2.17. The predicted molar refractivity (Wildman–Crippen MR) is 58.1 cm³/mol. The molecule has 1 heterocycles. The molecule has 2 aromatic rings. The van der Waals surface area contributed by atoms with Crippen LogP contribution in [-0.2, 0) is 7.05 Å². The normalized spacial score (nSPS) is 11.2. The fourth-order valence-corrected chi connectivity index (χ4v) is 1.65. The van der Waals surface area contributed by atoms with E-state index in [0.717, 1.165) is 19.2 Å². The maximum Gasteiger partial charge on any atom is 0.356 e. The van der Waals surface area contributed by atoms with Gasteiger partial charge in [0, 0.05) is 13.1 Å². The van der Waals surface area contributed by atoms with Crippen molar-refractivity contribution >= 4 is 0 Å². The van der Waals surface area contributed by atoms with Crippen LogP contribution >= 0.6 is 0 Å². The number of hydrogen-bond acceptors (Lipinski definition) is 3. The highest BCUT2D eigenvalue weighted by molar-refractivity contribution is 5.38. The molecule has 1 N–H and O–H groups in total. The molecule has 0 unspecified atom stereocenters. The van der Waals surface area contributed by atoms with Gasteiger partial charge in [-0.25, -0.2) is 23.2 Å². The van der Waals surface area contributed by atoms with Crippen molar-refractivity contribution in [2.75, 3.05) is 0 Å². The summed E-state index contributed by atoms with van der Waals surface area (Å²) >= 11 is 0. The molecule has 1 aromatic heterocycles. The lowest BCUT2D eigenvalue weighted by Crippen LogP contribution is -2.28. The summed E-state index contributed by atoms with van der Waals surface area (Å²) in [7, 11) is 0.963. The molecule has 6 nitrogen and oxygen atoms in total. The number of phenols is 1. The number of aromatic hydroxyl groups is 1. The largest absolute Gasteiger partial charge is 0.508 e. The molecule has 102 valence electrons. The van der Waals surface area contributed by atoms with Gasteiger partial charge in [-0.1, -0.05) is 0 Å². The molecule has 2 rings (SSSR count). The minimum Gasteiger partial charge on any atom is -0.508 e. The highest BCUT2D eigenvalue weighted by Gasteiger charge is 2.22. The molecule has 0 saturated heterocycles. The predicted octanol–water partition coefficient (Wildman–Crippen LogP) is 0.577. The van der Waals surface area contributed by atoms with Crippen LogP contribution in [0.15, 0.2) is 27.8 Å². The van der Waals surface area contributed by atoms with Crippen LogP contribution < -0.4 is 11.4 Å². The van der Waals surface area contributed by atoms with E-state index in [1.807, 2.05) is 0 Å². The van der Waals surface area contributed by atoms with Gasteiger partial charge in [-0.15, -0.1) is 0 Å². The van der Waals surface area contributed by atoms with E-state index in [2.05, 4.69) is 0 Å². The second-order valence-electron chi connectivity index (χ2n) is 3.68. The van der Waals surface area contributed by atoms with Gasteiger partial charge in [0.05, 0.1) is 5.69 Å². The minimum absolute atomic E-state index is 0.103. The Balaban J connectivity index is 2.81. The summed E-state index contributed by atoms with van der Waals surface area (Å²) in [6.45, 7) is -3.23. The van der Waals surface area contributed by atoms with Gasteiger partial charge in [-0.2, -0.15) is 13.5 Å². The maximum absolute atomic E-state index is 13.6. The summed E-state index contributed by atoms with van der Waals surface area (Å²) < 4.78 is 39.4. The van der Waals surface area contributed by atoms with E-state index in [1.165, 1.54) is 0 Å². The van der Waals surface area contributed by atoms with E-state index in [9.17, 15) is 22.8 Å². The zero-order valence-corrected chi connectivity index (χ0v) is 9.55. The van der Waals surface area contributed by atoms with E-state index >= 15 is 0 Å². The Labute approximate surface area is 103 Å². The molecule has 1 aromatic carbocycles. The van der Waals surface area contributed by atoms with E-state index in [1.54, 1.807) is 0 Å². The molecule has 0 spiro atoms. The third kappa shape index (κ3) is 1.92. The lowest BCUT2D eigenvalue weighted by Gasteiger charge is -2.02. The molecule has 0 aliphatic carbocycles. The Morgan fingerprint density at radius 1 is 1.21 bits per heavy atom. The first-order valence-corrected chi connectivity index (χ1v) is 5.02. The first-order chi connectivity index (χ1) is 8.84. The monoisotopic (exact) mass is 275 g/mol. The van der Waals surface area contributed by atoms with Crippen molar-refractivity contribution in [3.8, 4) is 11.4 Å².